The highest BCUT2D eigenvalue weighted by Crippen LogP contribution is 2.26. The molecule has 0 aromatic heterocycles. The van der Waals surface area contributed by atoms with E-state index in [-0.39, 0.29) is 10.6 Å². The zero-order chi connectivity index (χ0) is 17.6. The summed E-state index contributed by atoms with van der Waals surface area (Å²) >= 11 is 0. The van der Waals surface area contributed by atoms with Gasteiger partial charge in [-0.25, -0.2) is 0 Å². The van der Waals surface area contributed by atoms with E-state index in [9.17, 15) is 10.1 Å². The van der Waals surface area contributed by atoms with Gasteiger partial charge in [0.15, 0.2) is 0 Å². The van der Waals surface area contributed by atoms with Crippen LogP contribution in [0.1, 0.15) is 23.1 Å². The lowest BCUT2D eigenvalue weighted by Gasteiger charge is -2.20. The van der Waals surface area contributed by atoms with Gasteiger partial charge in [0.2, 0.25) is 0 Å². The van der Waals surface area contributed by atoms with Crippen LogP contribution in [0.4, 0.5) is 5.69 Å². The lowest BCUT2D eigenvalue weighted by Crippen LogP contribution is -2.18. The van der Waals surface area contributed by atoms with Gasteiger partial charge >= 0.3 is 0 Å². The number of aryl methyl sites for hydroxylation is 1. The number of fused-ring (bicyclic) bond motifs is 1. The minimum Gasteiger partial charge on any atom is -0.493 e. The number of ether oxygens (including phenoxy) is 1. The first-order valence-corrected chi connectivity index (χ1v) is 8.46. The maximum absolute atomic E-state index is 11.0. The molecule has 0 bridgehead atoms. The Bertz CT molecular complexity index is 786. The first-order valence-electron chi connectivity index (χ1n) is 8.46. The molecule has 0 saturated heterocycles. The number of hydrogen-bond acceptors (Lipinski definition) is 4. The molecule has 130 valence electrons. The van der Waals surface area contributed by atoms with Crippen molar-refractivity contribution in [3.63, 3.8) is 0 Å². The summed E-state index contributed by atoms with van der Waals surface area (Å²) in [6.45, 7) is 2.31. The van der Waals surface area contributed by atoms with Gasteiger partial charge in [0.1, 0.15) is 5.75 Å². The Labute approximate surface area is 147 Å². The molecule has 0 radical (unpaired) electrons. The Morgan fingerprint density at radius 2 is 2.12 bits per heavy atom. The van der Waals surface area contributed by atoms with Crippen LogP contribution in [-0.4, -0.2) is 30.0 Å². The van der Waals surface area contributed by atoms with Gasteiger partial charge in [0, 0.05) is 19.2 Å². The van der Waals surface area contributed by atoms with Gasteiger partial charge in [-0.05, 0) is 43.1 Å². The number of para-hydroxylation sites is 1. The topological polar surface area (TPSA) is 55.6 Å². The average molecular weight is 338 g/mol. The molecule has 0 atom stereocenters. The van der Waals surface area contributed by atoms with Crippen LogP contribution in [0.5, 0.6) is 5.75 Å². The summed E-state index contributed by atoms with van der Waals surface area (Å²) in [5.41, 5.74) is 3.26. The molecule has 5 heteroatoms. The van der Waals surface area contributed by atoms with E-state index in [0.29, 0.717) is 12.1 Å². The van der Waals surface area contributed by atoms with Crippen LogP contribution in [0.15, 0.2) is 48.5 Å². The summed E-state index contributed by atoms with van der Waals surface area (Å²) in [4.78, 5) is 12.8. The van der Waals surface area contributed by atoms with Gasteiger partial charge in [0.05, 0.1) is 17.1 Å². The van der Waals surface area contributed by atoms with Crippen molar-refractivity contribution in [3.05, 3.63) is 75.3 Å². The quantitative estimate of drug-likeness (QED) is 0.588. The molecule has 3 rings (SSSR count). The molecule has 2 aromatic rings. The third kappa shape index (κ3) is 4.45. The number of nitro benzene ring substituents is 1. The Kier molecular flexibility index (Phi) is 5.46. The normalized spacial score (nSPS) is 13.7. The number of rotatable bonds is 6. The van der Waals surface area contributed by atoms with E-state index >= 15 is 0 Å². The molecule has 0 unspecified atom stereocenters. The fourth-order valence-electron chi connectivity index (χ4n) is 3.01. The van der Waals surface area contributed by atoms with Crippen molar-refractivity contribution in [2.45, 2.75) is 19.4 Å². The zero-order valence-electron chi connectivity index (χ0n) is 14.4. The monoisotopic (exact) mass is 338 g/mol. The van der Waals surface area contributed by atoms with Crippen LogP contribution in [0.25, 0.3) is 6.08 Å². The van der Waals surface area contributed by atoms with Crippen molar-refractivity contribution >= 4 is 11.8 Å². The molecule has 1 heterocycles. The smallest absolute Gasteiger partial charge is 0.276 e. The molecule has 0 saturated carbocycles. The van der Waals surface area contributed by atoms with Crippen molar-refractivity contribution in [3.8, 4) is 5.75 Å². The van der Waals surface area contributed by atoms with Crippen LogP contribution in [0, 0.1) is 10.1 Å². The van der Waals surface area contributed by atoms with E-state index in [1.807, 2.05) is 25.3 Å². The fourth-order valence-corrected chi connectivity index (χ4v) is 3.01. The second-order valence-corrected chi connectivity index (χ2v) is 6.31. The van der Waals surface area contributed by atoms with E-state index in [0.717, 1.165) is 31.7 Å². The Hall–Kier alpha value is -2.66. The third-order valence-electron chi connectivity index (χ3n) is 4.28. The SMILES string of the molecule is CN(C/C=C/c1ccccc1[N+](=O)[O-])Cc1ccc2c(c1)OCCC2. The van der Waals surface area contributed by atoms with Crippen LogP contribution in [0.2, 0.25) is 0 Å². The molecule has 2 aromatic carbocycles. The van der Waals surface area contributed by atoms with Crippen LogP contribution < -0.4 is 4.74 Å². The highest BCUT2D eigenvalue weighted by molar-refractivity contribution is 5.60. The summed E-state index contributed by atoms with van der Waals surface area (Å²) in [6, 6.07) is 13.2. The van der Waals surface area contributed by atoms with Crippen molar-refractivity contribution < 1.29 is 9.66 Å². The first kappa shape index (κ1) is 17.2. The lowest BCUT2D eigenvalue weighted by molar-refractivity contribution is -0.385. The Morgan fingerprint density at radius 1 is 1.28 bits per heavy atom. The summed E-state index contributed by atoms with van der Waals surface area (Å²) < 4.78 is 5.72. The molecule has 0 spiro atoms. The zero-order valence-corrected chi connectivity index (χ0v) is 14.4. The molecular weight excluding hydrogens is 316 g/mol. The molecule has 0 N–H and O–H groups in total. The maximum Gasteiger partial charge on any atom is 0.276 e. The van der Waals surface area contributed by atoms with Crippen molar-refractivity contribution in [1.29, 1.82) is 0 Å². The van der Waals surface area contributed by atoms with Gasteiger partial charge in [-0.15, -0.1) is 0 Å². The van der Waals surface area contributed by atoms with Crippen molar-refractivity contribution in [1.82, 2.24) is 4.90 Å². The van der Waals surface area contributed by atoms with E-state index in [1.54, 1.807) is 12.1 Å². The standard InChI is InChI=1S/C20H22N2O3/c1-21(12-4-7-17-6-2-3-9-19(17)22(23)24)15-16-10-11-18-8-5-13-25-20(18)14-16/h2-4,6-7,9-11,14H,5,8,12-13,15H2,1H3/b7-4+. The maximum atomic E-state index is 11.0. The third-order valence-corrected chi connectivity index (χ3v) is 4.28. The Balaban J connectivity index is 1.60. The van der Waals surface area contributed by atoms with Gasteiger partial charge in [-0.3, -0.25) is 15.0 Å². The number of nitro groups is 1. The largest absolute Gasteiger partial charge is 0.493 e. The predicted octanol–water partition coefficient (Wildman–Crippen LogP) is 4.07. The van der Waals surface area contributed by atoms with Crippen molar-refractivity contribution in [2.24, 2.45) is 0 Å². The summed E-state index contributed by atoms with van der Waals surface area (Å²) in [6.07, 6.45) is 5.94. The van der Waals surface area contributed by atoms with E-state index in [4.69, 9.17) is 4.74 Å². The highest BCUT2D eigenvalue weighted by atomic mass is 16.6. The van der Waals surface area contributed by atoms with Crippen LogP contribution >= 0.6 is 0 Å². The minimum absolute atomic E-state index is 0.133. The van der Waals surface area contributed by atoms with Gasteiger partial charge in [-0.1, -0.05) is 36.4 Å². The average Bonchev–Trinajstić information content (AvgIpc) is 2.62. The second-order valence-electron chi connectivity index (χ2n) is 6.31. The van der Waals surface area contributed by atoms with Gasteiger partial charge < -0.3 is 4.74 Å². The molecule has 25 heavy (non-hydrogen) atoms. The molecule has 0 aliphatic carbocycles. The fraction of sp³-hybridized carbons (Fsp3) is 0.300. The number of likely N-dealkylation sites (N-methyl/N-ethyl adjacent to an activating group) is 1. The van der Waals surface area contributed by atoms with Crippen molar-refractivity contribution in [2.75, 3.05) is 20.2 Å². The molecule has 0 fully saturated rings. The molecule has 1 aliphatic heterocycles. The lowest BCUT2D eigenvalue weighted by atomic mass is 10.0. The predicted molar refractivity (Wildman–Crippen MR) is 98.7 cm³/mol. The molecule has 0 amide bonds. The summed E-state index contributed by atoms with van der Waals surface area (Å²) in [5, 5.41) is 11.0. The van der Waals surface area contributed by atoms with Gasteiger partial charge in [0.25, 0.3) is 5.69 Å². The highest BCUT2D eigenvalue weighted by Gasteiger charge is 2.11. The summed E-state index contributed by atoms with van der Waals surface area (Å²) in [7, 11) is 2.03. The van der Waals surface area contributed by atoms with Crippen LogP contribution in [0.3, 0.4) is 0 Å². The number of nitrogens with zero attached hydrogens (tertiary/aromatic N) is 2. The van der Waals surface area contributed by atoms with Gasteiger partial charge in [-0.2, -0.15) is 0 Å². The van der Waals surface area contributed by atoms with E-state index in [1.165, 1.54) is 17.2 Å². The number of benzene rings is 2. The second kappa shape index (κ2) is 7.94. The molecular formula is C20H22N2O3. The minimum atomic E-state index is -0.351. The number of hydrogen-bond donors (Lipinski definition) is 0. The Morgan fingerprint density at radius 3 is 2.96 bits per heavy atom. The van der Waals surface area contributed by atoms with Crippen LogP contribution in [-0.2, 0) is 13.0 Å². The molecule has 5 nitrogen and oxygen atoms in total. The summed E-state index contributed by atoms with van der Waals surface area (Å²) in [5.74, 6) is 1.01. The van der Waals surface area contributed by atoms with E-state index < -0.39 is 0 Å². The van der Waals surface area contributed by atoms with E-state index in [2.05, 4.69) is 23.1 Å². The molecule has 1 aliphatic rings. The first-order chi connectivity index (χ1) is 12.1.